The zero-order valence-corrected chi connectivity index (χ0v) is 15.5. The Hall–Kier alpha value is -3.65. The third-order valence-electron chi connectivity index (χ3n) is 4.24. The fourth-order valence-electron chi connectivity index (χ4n) is 2.85. The van der Waals surface area contributed by atoms with Crippen LogP contribution in [-0.4, -0.2) is 16.9 Å². The number of halogens is 2. The predicted molar refractivity (Wildman–Crippen MR) is 107 cm³/mol. The highest BCUT2D eigenvalue weighted by atomic mass is 32.1. The van der Waals surface area contributed by atoms with E-state index < -0.39 is 17.6 Å². The third-order valence-corrected chi connectivity index (χ3v) is 4.52. The normalized spacial score (nSPS) is 15.7. The monoisotopic (exact) mass is 410 g/mol. The molecule has 2 amide bonds. The summed E-state index contributed by atoms with van der Waals surface area (Å²) in [6.07, 6.45) is 1.25. The van der Waals surface area contributed by atoms with Gasteiger partial charge in [-0.1, -0.05) is 12.1 Å². The highest BCUT2D eigenvalue weighted by Gasteiger charge is 2.35. The minimum absolute atomic E-state index is 0.0696. The summed E-state index contributed by atoms with van der Waals surface area (Å²) >= 11 is 5.04. The first-order valence-corrected chi connectivity index (χ1v) is 8.86. The van der Waals surface area contributed by atoms with Crippen molar-refractivity contribution in [2.24, 2.45) is 0 Å². The number of hydrogen-bond donors (Lipinski definition) is 1. The van der Waals surface area contributed by atoms with Crippen molar-refractivity contribution in [3.8, 4) is 11.3 Å². The van der Waals surface area contributed by atoms with E-state index >= 15 is 0 Å². The largest absolute Gasteiger partial charge is 0.457 e. The minimum Gasteiger partial charge on any atom is -0.457 e. The maximum absolute atomic E-state index is 14.2. The number of anilines is 1. The van der Waals surface area contributed by atoms with Crippen molar-refractivity contribution in [1.82, 2.24) is 5.32 Å². The first kappa shape index (κ1) is 18.7. The van der Waals surface area contributed by atoms with Gasteiger partial charge in [-0.25, -0.2) is 13.7 Å². The molecule has 0 aliphatic carbocycles. The van der Waals surface area contributed by atoms with E-state index in [1.165, 1.54) is 36.4 Å². The molecule has 1 fully saturated rings. The van der Waals surface area contributed by atoms with E-state index in [0.29, 0.717) is 11.3 Å². The highest BCUT2D eigenvalue weighted by molar-refractivity contribution is 7.80. The number of carbonyl (C=O) groups is 2. The van der Waals surface area contributed by atoms with Gasteiger partial charge in [0.2, 0.25) is 0 Å². The van der Waals surface area contributed by atoms with Crippen LogP contribution in [0.3, 0.4) is 0 Å². The Labute approximate surface area is 169 Å². The van der Waals surface area contributed by atoms with Crippen molar-refractivity contribution in [2.75, 3.05) is 4.90 Å². The Bertz CT molecular complexity index is 1170. The van der Waals surface area contributed by atoms with Gasteiger partial charge < -0.3 is 4.42 Å². The molecule has 144 valence electrons. The molecular weight excluding hydrogens is 398 g/mol. The van der Waals surface area contributed by atoms with Crippen LogP contribution in [0.2, 0.25) is 0 Å². The van der Waals surface area contributed by atoms with Crippen LogP contribution >= 0.6 is 12.2 Å². The topological polar surface area (TPSA) is 62.6 Å². The Morgan fingerprint density at radius 2 is 1.69 bits per heavy atom. The van der Waals surface area contributed by atoms with E-state index in [2.05, 4.69) is 5.32 Å². The molecule has 0 unspecified atom stereocenters. The Kier molecular flexibility index (Phi) is 4.77. The van der Waals surface area contributed by atoms with Crippen molar-refractivity contribution >= 4 is 40.9 Å². The van der Waals surface area contributed by atoms with Gasteiger partial charge in [0.05, 0.1) is 5.69 Å². The predicted octanol–water partition coefficient (Wildman–Crippen LogP) is 4.06. The zero-order chi connectivity index (χ0) is 20.5. The second-order valence-corrected chi connectivity index (χ2v) is 6.50. The lowest BCUT2D eigenvalue weighted by molar-refractivity contribution is -0.122. The summed E-state index contributed by atoms with van der Waals surface area (Å²) in [6.45, 7) is 0. The molecule has 3 aromatic rings. The van der Waals surface area contributed by atoms with Gasteiger partial charge in [0, 0.05) is 5.56 Å². The number of thiocarbonyl (C=S) groups is 1. The van der Waals surface area contributed by atoms with E-state index in [1.54, 1.807) is 30.3 Å². The fraction of sp³-hybridized carbons (Fsp3) is 0. The summed E-state index contributed by atoms with van der Waals surface area (Å²) in [4.78, 5) is 26.1. The number of hydrogen-bond acceptors (Lipinski definition) is 4. The van der Waals surface area contributed by atoms with Crippen LogP contribution in [0, 0.1) is 11.6 Å². The Balaban J connectivity index is 1.68. The lowest BCUT2D eigenvalue weighted by atomic mass is 10.1. The fourth-order valence-corrected chi connectivity index (χ4v) is 3.13. The van der Waals surface area contributed by atoms with Gasteiger partial charge in [0.15, 0.2) is 5.11 Å². The molecule has 0 spiro atoms. The first-order chi connectivity index (χ1) is 13.9. The second-order valence-electron chi connectivity index (χ2n) is 6.12. The summed E-state index contributed by atoms with van der Waals surface area (Å²) in [5.41, 5.74) is 0.298. The number of amides is 2. The van der Waals surface area contributed by atoms with Gasteiger partial charge in [-0.2, -0.15) is 0 Å². The van der Waals surface area contributed by atoms with E-state index in [-0.39, 0.29) is 28.0 Å². The molecule has 2 aromatic carbocycles. The quantitative estimate of drug-likeness (QED) is 0.402. The van der Waals surface area contributed by atoms with Crippen molar-refractivity contribution in [2.45, 2.75) is 0 Å². The van der Waals surface area contributed by atoms with Crippen LogP contribution in [0.15, 0.2) is 70.7 Å². The number of nitrogens with one attached hydrogen (secondary N) is 1. The van der Waals surface area contributed by atoms with Gasteiger partial charge >= 0.3 is 0 Å². The maximum atomic E-state index is 14.2. The van der Waals surface area contributed by atoms with Crippen LogP contribution in [-0.2, 0) is 9.59 Å². The van der Waals surface area contributed by atoms with Crippen LogP contribution in [0.25, 0.3) is 17.4 Å². The number of carbonyl (C=O) groups excluding carboxylic acids is 2. The number of para-hydroxylation sites is 1. The molecule has 1 saturated heterocycles. The summed E-state index contributed by atoms with van der Waals surface area (Å²) in [7, 11) is 0. The van der Waals surface area contributed by atoms with Crippen molar-refractivity contribution in [3.05, 3.63) is 83.6 Å². The average Bonchev–Trinajstić information content (AvgIpc) is 3.16. The molecule has 0 bridgehead atoms. The van der Waals surface area contributed by atoms with Gasteiger partial charge in [0.1, 0.15) is 28.7 Å². The molecule has 1 aliphatic heterocycles. The lowest BCUT2D eigenvalue weighted by Gasteiger charge is -2.28. The highest BCUT2D eigenvalue weighted by Crippen LogP contribution is 2.27. The standard InChI is InChI=1S/C21H12F2N2O3S/c22-13-7-5-12(6-8-13)18-10-9-14(28-18)11-15-19(26)24-21(29)25(20(15)27)17-4-2-1-3-16(17)23/h1-11H,(H,24,26,29)/b15-11+. The van der Waals surface area contributed by atoms with Crippen LogP contribution in [0.1, 0.15) is 5.76 Å². The summed E-state index contributed by atoms with van der Waals surface area (Å²) in [5.74, 6) is -1.87. The van der Waals surface area contributed by atoms with E-state index in [0.717, 1.165) is 4.90 Å². The molecule has 1 N–H and O–H groups in total. The van der Waals surface area contributed by atoms with Gasteiger partial charge in [0.25, 0.3) is 11.8 Å². The lowest BCUT2D eigenvalue weighted by Crippen LogP contribution is -2.54. The average molecular weight is 410 g/mol. The minimum atomic E-state index is -0.774. The first-order valence-electron chi connectivity index (χ1n) is 8.46. The van der Waals surface area contributed by atoms with Crippen LogP contribution in [0.4, 0.5) is 14.5 Å². The molecule has 4 rings (SSSR count). The Morgan fingerprint density at radius 3 is 2.41 bits per heavy atom. The molecule has 5 nitrogen and oxygen atoms in total. The number of nitrogens with zero attached hydrogens (tertiary/aromatic N) is 1. The van der Waals surface area contributed by atoms with E-state index in [9.17, 15) is 18.4 Å². The smallest absolute Gasteiger partial charge is 0.270 e. The zero-order valence-electron chi connectivity index (χ0n) is 14.7. The second kappa shape index (κ2) is 7.40. The molecule has 1 aromatic heterocycles. The van der Waals surface area contributed by atoms with Crippen molar-refractivity contribution in [1.29, 1.82) is 0 Å². The van der Waals surface area contributed by atoms with Gasteiger partial charge in [-0.15, -0.1) is 0 Å². The number of rotatable bonds is 3. The molecule has 0 radical (unpaired) electrons. The molecule has 0 atom stereocenters. The number of benzene rings is 2. The van der Waals surface area contributed by atoms with Crippen LogP contribution < -0.4 is 10.2 Å². The molecule has 2 heterocycles. The molecule has 29 heavy (non-hydrogen) atoms. The van der Waals surface area contributed by atoms with Crippen LogP contribution in [0.5, 0.6) is 0 Å². The van der Waals surface area contributed by atoms with Crippen molar-refractivity contribution in [3.63, 3.8) is 0 Å². The summed E-state index contributed by atoms with van der Waals surface area (Å²) in [6, 6.07) is 14.5. The summed E-state index contributed by atoms with van der Waals surface area (Å²) in [5, 5.41) is 2.17. The van der Waals surface area contributed by atoms with Crippen molar-refractivity contribution < 1.29 is 22.8 Å². The molecule has 0 saturated carbocycles. The molecule has 1 aliphatic rings. The third kappa shape index (κ3) is 3.57. The maximum Gasteiger partial charge on any atom is 0.270 e. The molecule has 8 heteroatoms. The molecular formula is C21H12F2N2O3S. The van der Waals surface area contributed by atoms with Gasteiger partial charge in [-0.3, -0.25) is 14.9 Å². The SMILES string of the molecule is O=C1NC(=S)N(c2ccccc2F)C(=O)/C1=C/c1ccc(-c2ccc(F)cc2)o1. The van der Waals surface area contributed by atoms with Gasteiger partial charge in [-0.05, 0) is 66.8 Å². The number of furan rings is 1. The van der Waals surface area contributed by atoms with E-state index in [4.69, 9.17) is 16.6 Å². The summed E-state index contributed by atoms with van der Waals surface area (Å²) < 4.78 is 32.9. The Morgan fingerprint density at radius 1 is 0.966 bits per heavy atom. The van der Waals surface area contributed by atoms with E-state index in [1.807, 2.05) is 0 Å².